The van der Waals surface area contributed by atoms with Crippen molar-refractivity contribution in [2.75, 3.05) is 35.2 Å². The highest BCUT2D eigenvalue weighted by molar-refractivity contribution is 7.91. The molecule has 0 aromatic heterocycles. The third kappa shape index (κ3) is 6.36. The summed E-state index contributed by atoms with van der Waals surface area (Å²) in [6.45, 7) is 0.783. The number of nitrogens with one attached hydrogen (secondary N) is 3. The summed E-state index contributed by atoms with van der Waals surface area (Å²) >= 11 is 10.9. The molecule has 1 saturated heterocycles. The molecule has 3 rings (SSSR count). The van der Waals surface area contributed by atoms with Crippen molar-refractivity contribution in [3.8, 4) is 0 Å². The Labute approximate surface area is 187 Å². The number of thiocarbonyl (C=S) groups is 2. The minimum atomic E-state index is -3.32. The number of aliphatic hydroxyl groups is 1. The van der Waals surface area contributed by atoms with Crippen molar-refractivity contribution in [2.24, 2.45) is 0 Å². The Kier molecular flexibility index (Phi) is 7.59. The molecule has 0 spiro atoms. The van der Waals surface area contributed by atoms with Crippen LogP contribution in [-0.4, -0.2) is 65.4 Å². The number of rotatable bonds is 6. The molecule has 4 N–H and O–H groups in total. The Balaban J connectivity index is 1.63. The quantitative estimate of drug-likeness (QED) is 0.478. The zero-order valence-electron chi connectivity index (χ0n) is 16.2. The van der Waals surface area contributed by atoms with Crippen molar-refractivity contribution in [2.45, 2.75) is 12.1 Å². The van der Waals surface area contributed by atoms with Gasteiger partial charge in [-0.1, -0.05) is 36.4 Å². The molecule has 0 amide bonds. The first-order valence-corrected chi connectivity index (χ1v) is 12.1. The first-order valence-electron chi connectivity index (χ1n) is 9.45. The van der Waals surface area contributed by atoms with Crippen molar-refractivity contribution >= 4 is 55.9 Å². The highest BCUT2D eigenvalue weighted by Crippen LogP contribution is 2.20. The van der Waals surface area contributed by atoms with Gasteiger partial charge < -0.3 is 26.0 Å². The molecule has 0 radical (unpaired) electrons. The standard InChI is InChI=1S/C20H24N4O3S3/c25-18-14-30(26,27)13-17(18)24(20(29)23-16-9-5-2-6-10-16)12-11-21-19(28)22-15-7-3-1-4-8-15/h1-10,17-18,25H,11-14H2,(H,23,29)(H2,21,22,28)/t17-,18-/m0/s1. The number of hydrogen-bond donors (Lipinski definition) is 4. The number of anilines is 2. The second kappa shape index (κ2) is 10.2. The van der Waals surface area contributed by atoms with E-state index in [1.165, 1.54) is 0 Å². The number of benzene rings is 2. The summed E-state index contributed by atoms with van der Waals surface area (Å²) in [5, 5.41) is 20.5. The first kappa shape index (κ1) is 22.4. The van der Waals surface area contributed by atoms with Crippen LogP contribution < -0.4 is 16.0 Å². The molecule has 0 bridgehead atoms. The fraction of sp³-hybridized carbons (Fsp3) is 0.300. The maximum atomic E-state index is 12.0. The van der Waals surface area contributed by atoms with Gasteiger partial charge in [-0.15, -0.1) is 0 Å². The number of nitrogens with zero attached hydrogens (tertiary/aromatic N) is 1. The minimum Gasteiger partial charge on any atom is -0.390 e. The van der Waals surface area contributed by atoms with E-state index in [-0.39, 0.29) is 11.5 Å². The molecule has 1 aliphatic rings. The van der Waals surface area contributed by atoms with Crippen LogP contribution in [-0.2, 0) is 9.84 Å². The molecule has 0 saturated carbocycles. The highest BCUT2D eigenvalue weighted by atomic mass is 32.2. The number of para-hydroxylation sites is 2. The number of sulfone groups is 1. The predicted octanol–water partition coefficient (Wildman–Crippen LogP) is 1.83. The third-order valence-electron chi connectivity index (χ3n) is 4.65. The largest absolute Gasteiger partial charge is 0.390 e. The van der Waals surface area contributed by atoms with E-state index in [9.17, 15) is 13.5 Å². The lowest BCUT2D eigenvalue weighted by Gasteiger charge is -2.33. The maximum Gasteiger partial charge on any atom is 0.173 e. The molecule has 7 nitrogen and oxygen atoms in total. The van der Waals surface area contributed by atoms with Crippen molar-refractivity contribution in [1.29, 1.82) is 0 Å². The maximum absolute atomic E-state index is 12.0. The lowest BCUT2D eigenvalue weighted by Crippen LogP contribution is -2.51. The minimum absolute atomic E-state index is 0.141. The Morgan fingerprint density at radius 3 is 2.07 bits per heavy atom. The fourth-order valence-electron chi connectivity index (χ4n) is 3.23. The topological polar surface area (TPSA) is 93.7 Å². The normalized spacial score (nSPS) is 19.6. The van der Waals surface area contributed by atoms with Crippen LogP contribution in [0.4, 0.5) is 11.4 Å². The zero-order valence-corrected chi connectivity index (χ0v) is 18.6. The highest BCUT2D eigenvalue weighted by Gasteiger charge is 2.40. The van der Waals surface area contributed by atoms with Gasteiger partial charge in [0, 0.05) is 24.5 Å². The molecule has 10 heteroatoms. The molecule has 160 valence electrons. The molecule has 2 atom stereocenters. The fourth-order valence-corrected chi connectivity index (χ4v) is 5.60. The van der Waals surface area contributed by atoms with Gasteiger partial charge in [0.2, 0.25) is 0 Å². The summed E-state index contributed by atoms with van der Waals surface area (Å²) in [5.74, 6) is -0.402. The zero-order chi connectivity index (χ0) is 21.6. The van der Waals surface area contributed by atoms with Crippen molar-refractivity contribution < 1.29 is 13.5 Å². The van der Waals surface area contributed by atoms with E-state index in [1.54, 1.807) is 4.90 Å². The van der Waals surface area contributed by atoms with Crippen LogP contribution in [0.15, 0.2) is 60.7 Å². The van der Waals surface area contributed by atoms with Gasteiger partial charge in [0.05, 0.1) is 23.7 Å². The number of hydrogen-bond acceptors (Lipinski definition) is 5. The smallest absolute Gasteiger partial charge is 0.173 e. The van der Waals surface area contributed by atoms with Gasteiger partial charge in [0.15, 0.2) is 20.1 Å². The average molecular weight is 465 g/mol. The molecule has 0 aliphatic carbocycles. The molecule has 2 aromatic rings. The van der Waals surface area contributed by atoms with E-state index in [1.807, 2.05) is 60.7 Å². The van der Waals surface area contributed by atoms with E-state index in [0.29, 0.717) is 23.3 Å². The van der Waals surface area contributed by atoms with Gasteiger partial charge in [-0.05, 0) is 48.7 Å². The molecule has 2 aromatic carbocycles. The Morgan fingerprint density at radius 2 is 1.53 bits per heavy atom. The molecular formula is C20H24N4O3S3. The summed E-state index contributed by atoms with van der Waals surface area (Å²) < 4.78 is 24.1. The van der Waals surface area contributed by atoms with Crippen molar-refractivity contribution in [3.63, 3.8) is 0 Å². The summed E-state index contributed by atoms with van der Waals surface area (Å²) in [7, 11) is -3.32. The monoisotopic (exact) mass is 464 g/mol. The van der Waals surface area contributed by atoms with Crippen LogP contribution in [0.25, 0.3) is 0 Å². The summed E-state index contributed by atoms with van der Waals surface area (Å²) in [4.78, 5) is 1.72. The van der Waals surface area contributed by atoms with Crippen LogP contribution in [0.3, 0.4) is 0 Å². The molecule has 0 unspecified atom stereocenters. The second-order valence-corrected chi connectivity index (χ2v) is 9.90. The Bertz CT molecular complexity index is 971. The predicted molar refractivity (Wildman–Crippen MR) is 128 cm³/mol. The second-order valence-electron chi connectivity index (χ2n) is 6.95. The lowest BCUT2D eigenvalue weighted by atomic mass is 10.2. The van der Waals surface area contributed by atoms with Gasteiger partial charge in [-0.25, -0.2) is 8.42 Å². The van der Waals surface area contributed by atoms with Crippen LogP contribution in [0, 0.1) is 0 Å². The van der Waals surface area contributed by atoms with E-state index in [4.69, 9.17) is 24.4 Å². The third-order valence-corrected chi connectivity index (χ3v) is 6.93. The van der Waals surface area contributed by atoms with Crippen LogP contribution in [0.1, 0.15) is 0 Å². The lowest BCUT2D eigenvalue weighted by molar-refractivity contribution is 0.124. The Hall–Kier alpha value is -2.27. The summed E-state index contributed by atoms with van der Waals surface area (Å²) in [6, 6.07) is 18.3. The molecule has 1 fully saturated rings. The molecule has 1 heterocycles. The van der Waals surface area contributed by atoms with Gasteiger partial charge in [0.1, 0.15) is 0 Å². The first-order chi connectivity index (χ1) is 14.3. The van der Waals surface area contributed by atoms with Crippen LogP contribution in [0.2, 0.25) is 0 Å². The molecule has 30 heavy (non-hydrogen) atoms. The summed E-state index contributed by atoms with van der Waals surface area (Å²) in [5.41, 5.74) is 1.66. The van der Waals surface area contributed by atoms with Crippen LogP contribution >= 0.6 is 24.4 Å². The summed E-state index contributed by atoms with van der Waals surface area (Å²) in [6.07, 6.45) is -1.00. The van der Waals surface area contributed by atoms with E-state index < -0.39 is 22.0 Å². The van der Waals surface area contributed by atoms with Crippen LogP contribution in [0.5, 0.6) is 0 Å². The van der Waals surface area contributed by atoms with Gasteiger partial charge >= 0.3 is 0 Å². The number of aliphatic hydroxyl groups excluding tert-OH is 1. The van der Waals surface area contributed by atoms with Gasteiger partial charge in [-0.3, -0.25) is 0 Å². The van der Waals surface area contributed by atoms with Gasteiger partial charge in [-0.2, -0.15) is 0 Å². The van der Waals surface area contributed by atoms with E-state index in [2.05, 4.69) is 16.0 Å². The molecule has 1 aliphatic heterocycles. The SMILES string of the molecule is O=S1(=O)C[C@H](O)[C@@H](N(CCNC(=S)Nc2ccccc2)C(=S)Nc2ccccc2)C1. The Morgan fingerprint density at radius 1 is 0.967 bits per heavy atom. The van der Waals surface area contributed by atoms with E-state index in [0.717, 1.165) is 11.4 Å². The molecular weight excluding hydrogens is 440 g/mol. The van der Waals surface area contributed by atoms with Crippen molar-refractivity contribution in [1.82, 2.24) is 10.2 Å². The van der Waals surface area contributed by atoms with E-state index >= 15 is 0 Å². The van der Waals surface area contributed by atoms with Gasteiger partial charge in [0.25, 0.3) is 0 Å². The average Bonchev–Trinajstić information content (AvgIpc) is 2.98. The van der Waals surface area contributed by atoms with Crippen molar-refractivity contribution in [3.05, 3.63) is 60.7 Å².